The molecule has 0 aromatic heterocycles. The van der Waals surface area contributed by atoms with E-state index in [-0.39, 0.29) is 5.75 Å². The average Bonchev–Trinajstić information content (AvgIpc) is 2.52. The number of benzene rings is 1. The molecular formula is C19H33NO3S. The summed E-state index contributed by atoms with van der Waals surface area (Å²) in [4.78, 5) is 0. The zero-order chi connectivity index (χ0) is 17.8. The fraction of sp³-hybridized carbons (Fsp3) is 0.684. The van der Waals surface area contributed by atoms with Crippen LogP contribution in [0, 0.1) is 0 Å². The Morgan fingerprint density at radius 3 is 2.25 bits per heavy atom. The molecular weight excluding hydrogens is 322 g/mol. The summed E-state index contributed by atoms with van der Waals surface area (Å²) in [5.74, 6) is 0.464. The number of unbranched alkanes of at least 4 members (excludes halogenated alkanes) is 7. The van der Waals surface area contributed by atoms with Crippen LogP contribution in [0.2, 0.25) is 0 Å². The first-order valence-electron chi connectivity index (χ1n) is 9.29. The van der Waals surface area contributed by atoms with Crippen LogP contribution in [-0.2, 0) is 16.5 Å². The largest absolute Gasteiger partial charge is 0.398 e. The topological polar surface area (TPSA) is 69.4 Å². The van der Waals surface area contributed by atoms with Gasteiger partial charge in [0.1, 0.15) is 5.75 Å². The molecule has 0 spiro atoms. The maximum absolute atomic E-state index is 12.1. The maximum Gasteiger partial charge on any atom is 0.309 e. The minimum absolute atomic E-state index is 0.0616. The van der Waals surface area contributed by atoms with Gasteiger partial charge in [0.2, 0.25) is 0 Å². The van der Waals surface area contributed by atoms with E-state index in [4.69, 9.17) is 9.92 Å². The highest BCUT2D eigenvalue weighted by atomic mass is 32.2. The second-order valence-electron chi connectivity index (χ2n) is 6.39. The van der Waals surface area contributed by atoms with Crippen molar-refractivity contribution in [3.05, 3.63) is 23.8 Å². The lowest BCUT2D eigenvalue weighted by Gasteiger charge is -2.13. The molecule has 2 N–H and O–H groups in total. The van der Waals surface area contributed by atoms with E-state index in [0.717, 1.165) is 37.7 Å². The van der Waals surface area contributed by atoms with Crippen LogP contribution in [0.25, 0.3) is 0 Å². The lowest BCUT2D eigenvalue weighted by atomic mass is 10.0. The minimum atomic E-state index is -3.54. The molecule has 24 heavy (non-hydrogen) atoms. The predicted octanol–water partition coefficient (Wildman–Crippen LogP) is 5.07. The van der Waals surface area contributed by atoms with Gasteiger partial charge in [-0.25, -0.2) is 0 Å². The summed E-state index contributed by atoms with van der Waals surface area (Å²) in [6, 6.07) is 5.26. The lowest BCUT2D eigenvalue weighted by Crippen LogP contribution is -2.15. The molecule has 5 heteroatoms. The highest BCUT2D eigenvalue weighted by Crippen LogP contribution is 2.28. The van der Waals surface area contributed by atoms with E-state index in [1.807, 2.05) is 13.0 Å². The van der Waals surface area contributed by atoms with Gasteiger partial charge in [0.15, 0.2) is 0 Å². The second kappa shape index (κ2) is 11.3. The van der Waals surface area contributed by atoms with Gasteiger partial charge in [-0.15, -0.1) is 0 Å². The van der Waals surface area contributed by atoms with Crippen molar-refractivity contribution in [1.82, 2.24) is 0 Å². The lowest BCUT2D eigenvalue weighted by molar-refractivity contribution is 0.479. The molecule has 0 heterocycles. The van der Waals surface area contributed by atoms with Crippen molar-refractivity contribution in [2.45, 2.75) is 78.1 Å². The zero-order valence-electron chi connectivity index (χ0n) is 15.2. The quantitative estimate of drug-likeness (QED) is 0.305. The fourth-order valence-corrected chi connectivity index (χ4v) is 3.79. The summed E-state index contributed by atoms with van der Waals surface area (Å²) >= 11 is 0. The summed E-state index contributed by atoms with van der Waals surface area (Å²) < 4.78 is 29.6. The van der Waals surface area contributed by atoms with Crippen LogP contribution in [0.5, 0.6) is 5.75 Å². The van der Waals surface area contributed by atoms with Gasteiger partial charge >= 0.3 is 10.1 Å². The summed E-state index contributed by atoms with van der Waals surface area (Å²) in [5, 5.41) is 0. The average molecular weight is 356 g/mol. The van der Waals surface area contributed by atoms with E-state index in [2.05, 4.69) is 6.92 Å². The molecule has 0 aliphatic rings. The van der Waals surface area contributed by atoms with Crippen LogP contribution in [0.4, 0.5) is 5.69 Å². The molecule has 0 aliphatic heterocycles. The van der Waals surface area contributed by atoms with Gasteiger partial charge < -0.3 is 9.92 Å². The Hall–Kier alpha value is -1.23. The smallest absolute Gasteiger partial charge is 0.309 e. The number of nitrogens with two attached hydrogens (primary N) is 1. The van der Waals surface area contributed by atoms with Gasteiger partial charge in [0, 0.05) is 11.3 Å². The van der Waals surface area contributed by atoms with Crippen molar-refractivity contribution in [2.24, 2.45) is 0 Å². The van der Waals surface area contributed by atoms with Gasteiger partial charge in [-0.3, -0.25) is 0 Å². The van der Waals surface area contributed by atoms with E-state index < -0.39 is 10.1 Å². The molecule has 1 aromatic carbocycles. The maximum atomic E-state index is 12.1. The Morgan fingerprint density at radius 1 is 0.917 bits per heavy atom. The van der Waals surface area contributed by atoms with Crippen molar-refractivity contribution >= 4 is 15.8 Å². The first-order chi connectivity index (χ1) is 11.5. The van der Waals surface area contributed by atoms with E-state index >= 15 is 0 Å². The normalized spacial score (nSPS) is 11.6. The van der Waals surface area contributed by atoms with Crippen molar-refractivity contribution in [3.63, 3.8) is 0 Å². The Balaban J connectivity index is 2.62. The van der Waals surface area contributed by atoms with E-state index in [0.29, 0.717) is 17.9 Å². The Bertz CT molecular complexity index is 570. The standard InChI is InChI=1S/C19H33NO3S/c1-3-5-7-8-9-10-13-17-18(20)14-12-15-19(17)23-24(21,22)16-11-6-4-2/h12,14-15H,3-11,13,16,20H2,1-2H3. The molecule has 4 nitrogen and oxygen atoms in total. The Kier molecular flexibility index (Phi) is 9.84. The fourth-order valence-electron chi connectivity index (χ4n) is 2.72. The molecule has 1 aromatic rings. The summed E-state index contributed by atoms with van der Waals surface area (Å²) in [6.07, 6.45) is 10.4. The van der Waals surface area contributed by atoms with Gasteiger partial charge in [0.05, 0.1) is 5.75 Å². The predicted molar refractivity (Wildman–Crippen MR) is 102 cm³/mol. The molecule has 0 bridgehead atoms. The monoisotopic (exact) mass is 355 g/mol. The second-order valence-corrected chi connectivity index (χ2v) is 8.08. The third kappa shape index (κ3) is 8.04. The van der Waals surface area contributed by atoms with Crippen molar-refractivity contribution < 1.29 is 12.6 Å². The first kappa shape index (κ1) is 20.8. The number of hydrogen-bond donors (Lipinski definition) is 1. The highest BCUT2D eigenvalue weighted by molar-refractivity contribution is 7.87. The third-order valence-corrected chi connectivity index (χ3v) is 5.39. The van der Waals surface area contributed by atoms with Crippen molar-refractivity contribution in [2.75, 3.05) is 11.5 Å². The summed E-state index contributed by atoms with van der Waals surface area (Å²) in [5.41, 5.74) is 7.49. The molecule has 1 rings (SSSR count). The molecule has 0 unspecified atom stereocenters. The minimum Gasteiger partial charge on any atom is -0.398 e. The van der Waals surface area contributed by atoms with Gasteiger partial charge in [-0.2, -0.15) is 8.42 Å². The molecule has 0 saturated heterocycles. The van der Waals surface area contributed by atoms with Crippen LogP contribution in [-0.4, -0.2) is 14.2 Å². The SMILES string of the molecule is CCCCCCCCc1c(N)cccc1OS(=O)(=O)CCCCC. The molecule has 0 fully saturated rings. The third-order valence-electron chi connectivity index (χ3n) is 4.16. The van der Waals surface area contributed by atoms with Crippen LogP contribution in [0.3, 0.4) is 0 Å². The Labute approximate surface area is 147 Å². The number of nitrogen functional groups attached to an aromatic ring is 1. The molecule has 0 aliphatic carbocycles. The van der Waals surface area contributed by atoms with Gasteiger partial charge in [-0.1, -0.05) is 64.9 Å². The van der Waals surface area contributed by atoms with E-state index in [1.54, 1.807) is 12.1 Å². The Morgan fingerprint density at radius 2 is 1.54 bits per heavy atom. The van der Waals surface area contributed by atoms with Crippen LogP contribution in [0.15, 0.2) is 18.2 Å². The van der Waals surface area contributed by atoms with Crippen LogP contribution in [0.1, 0.15) is 77.2 Å². The molecule has 0 atom stereocenters. The van der Waals surface area contributed by atoms with Crippen LogP contribution < -0.4 is 9.92 Å². The highest BCUT2D eigenvalue weighted by Gasteiger charge is 2.16. The molecule has 138 valence electrons. The van der Waals surface area contributed by atoms with E-state index in [1.165, 1.54) is 25.7 Å². The number of anilines is 1. The molecule has 0 amide bonds. The first-order valence-corrected chi connectivity index (χ1v) is 10.9. The van der Waals surface area contributed by atoms with Crippen LogP contribution >= 0.6 is 0 Å². The zero-order valence-corrected chi connectivity index (χ0v) is 16.0. The number of rotatable bonds is 13. The summed E-state index contributed by atoms with van der Waals surface area (Å²) in [7, 11) is -3.54. The van der Waals surface area contributed by atoms with Crippen molar-refractivity contribution in [3.8, 4) is 5.75 Å². The molecule has 0 saturated carbocycles. The summed E-state index contributed by atoms with van der Waals surface area (Å²) in [6.45, 7) is 4.25. The molecule has 0 radical (unpaired) electrons. The van der Waals surface area contributed by atoms with Crippen molar-refractivity contribution in [1.29, 1.82) is 0 Å². The van der Waals surface area contributed by atoms with Gasteiger partial charge in [-0.05, 0) is 31.4 Å². The van der Waals surface area contributed by atoms with Gasteiger partial charge in [0.25, 0.3) is 0 Å². The van der Waals surface area contributed by atoms with E-state index in [9.17, 15) is 8.42 Å². The number of hydrogen-bond acceptors (Lipinski definition) is 4.